The molecule has 1 fully saturated rings. The van der Waals surface area contributed by atoms with Gasteiger partial charge in [0.1, 0.15) is 5.78 Å². The molecule has 2 N–H and O–H groups in total. The van der Waals surface area contributed by atoms with Crippen LogP contribution >= 0.6 is 0 Å². The van der Waals surface area contributed by atoms with Crippen molar-refractivity contribution in [2.24, 2.45) is 0 Å². The summed E-state index contributed by atoms with van der Waals surface area (Å²) >= 11 is 0. The zero-order chi connectivity index (χ0) is 10.1. The summed E-state index contributed by atoms with van der Waals surface area (Å²) in [6, 6.07) is 5.94. The molecular formula is C12H15NO. The molecule has 0 aromatic heterocycles. The number of benzene rings is 1. The molecule has 1 aromatic carbocycles. The Morgan fingerprint density at radius 3 is 2.71 bits per heavy atom. The minimum absolute atomic E-state index is 0.109. The number of nitrogens with two attached hydrogens (primary N) is 1. The summed E-state index contributed by atoms with van der Waals surface area (Å²) in [7, 11) is 0. The van der Waals surface area contributed by atoms with Gasteiger partial charge in [-0.15, -0.1) is 0 Å². The van der Waals surface area contributed by atoms with Crippen molar-refractivity contribution >= 4 is 11.5 Å². The molecule has 1 aromatic rings. The van der Waals surface area contributed by atoms with E-state index in [1.54, 1.807) is 0 Å². The van der Waals surface area contributed by atoms with Crippen molar-refractivity contribution < 1.29 is 4.79 Å². The summed E-state index contributed by atoms with van der Waals surface area (Å²) < 4.78 is 0. The van der Waals surface area contributed by atoms with E-state index in [4.69, 9.17) is 5.73 Å². The van der Waals surface area contributed by atoms with Gasteiger partial charge in [0.05, 0.1) is 0 Å². The van der Waals surface area contributed by atoms with Crippen molar-refractivity contribution in [2.45, 2.75) is 32.1 Å². The second kappa shape index (κ2) is 3.45. The Bertz CT molecular complexity index is 350. The maximum absolute atomic E-state index is 11.6. The number of carbonyl (C=O) groups excluding carboxylic acids is 1. The van der Waals surface area contributed by atoms with Crippen LogP contribution in [-0.4, -0.2) is 5.78 Å². The topological polar surface area (TPSA) is 43.1 Å². The molecule has 1 aliphatic rings. The van der Waals surface area contributed by atoms with Crippen molar-refractivity contribution in [2.75, 3.05) is 5.73 Å². The summed E-state index contributed by atoms with van der Waals surface area (Å²) in [5.74, 6) is 0.479. The predicted molar refractivity (Wildman–Crippen MR) is 57.2 cm³/mol. The molecule has 0 bridgehead atoms. The Labute approximate surface area is 84.1 Å². The minimum Gasteiger partial charge on any atom is -0.399 e. The third-order valence-corrected chi connectivity index (χ3v) is 2.83. The Hall–Kier alpha value is -1.31. The van der Waals surface area contributed by atoms with E-state index in [1.807, 2.05) is 19.1 Å². The standard InChI is InChI=1S/C12H15NO/c1-8-5-9(7-10(13)6-8)11-3-2-4-12(11)14/h5-7,11H,2-4,13H2,1H3. The van der Waals surface area contributed by atoms with Gasteiger partial charge in [-0.2, -0.15) is 0 Å². The molecule has 1 saturated carbocycles. The fraction of sp³-hybridized carbons (Fsp3) is 0.417. The molecule has 14 heavy (non-hydrogen) atoms. The van der Waals surface area contributed by atoms with Crippen molar-refractivity contribution in [1.29, 1.82) is 0 Å². The van der Waals surface area contributed by atoms with Crippen LogP contribution in [0.1, 0.15) is 36.3 Å². The molecule has 0 spiro atoms. The first-order chi connectivity index (χ1) is 6.66. The maximum atomic E-state index is 11.6. The van der Waals surface area contributed by atoms with Crippen LogP contribution in [0.25, 0.3) is 0 Å². The molecule has 0 aliphatic heterocycles. The minimum atomic E-state index is 0.109. The Balaban J connectivity index is 2.35. The molecule has 1 atom stereocenters. The Morgan fingerprint density at radius 1 is 1.36 bits per heavy atom. The van der Waals surface area contributed by atoms with E-state index >= 15 is 0 Å². The van der Waals surface area contributed by atoms with E-state index in [-0.39, 0.29) is 5.92 Å². The zero-order valence-corrected chi connectivity index (χ0v) is 8.42. The average Bonchev–Trinajstić information content (AvgIpc) is 2.49. The van der Waals surface area contributed by atoms with Crippen LogP contribution in [0.4, 0.5) is 5.69 Å². The van der Waals surface area contributed by atoms with Gasteiger partial charge in [-0.3, -0.25) is 4.79 Å². The van der Waals surface area contributed by atoms with Crippen LogP contribution in [0.5, 0.6) is 0 Å². The van der Waals surface area contributed by atoms with Gasteiger partial charge in [0.2, 0.25) is 0 Å². The van der Waals surface area contributed by atoms with Gasteiger partial charge in [-0.05, 0) is 43.0 Å². The average molecular weight is 189 g/mol. The maximum Gasteiger partial charge on any atom is 0.140 e. The Kier molecular flexibility index (Phi) is 2.28. The lowest BCUT2D eigenvalue weighted by molar-refractivity contribution is -0.118. The molecule has 0 saturated heterocycles. The molecule has 0 radical (unpaired) electrons. The Morgan fingerprint density at radius 2 is 2.14 bits per heavy atom. The highest BCUT2D eigenvalue weighted by Gasteiger charge is 2.25. The summed E-state index contributed by atoms with van der Waals surface area (Å²) in [5, 5.41) is 0. The van der Waals surface area contributed by atoms with Crippen molar-refractivity contribution in [3.8, 4) is 0 Å². The van der Waals surface area contributed by atoms with E-state index in [9.17, 15) is 4.79 Å². The number of hydrogen-bond acceptors (Lipinski definition) is 2. The summed E-state index contributed by atoms with van der Waals surface area (Å²) in [6.45, 7) is 2.01. The second-order valence-electron chi connectivity index (χ2n) is 4.09. The quantitative estimate of drug-likeness (QED) is 0.689. The number of aryl methyl sites for hydroxylation is 1. The predicted octanol–water partition coefficient (Wildman–Crippen LogP) is 2.41. The molecule has 2 heteroatoms. The smallest absolute Gasteiger partial charge is 0.140 e. The molecule has 74 valence electrons. The van der Waals surface area contributed by atoms with Crippen LogP contribution in [0.15, 0.2) is 18.2 Å². The van der Waals surface area contributed by atoms with Crippen LogP contribution in [0, 0.1) is 6.92 Å². The third-order valence-electron chi connectivity index (χ3n) is 2.83. The molecule has 1 aliphatic carbocycles. The van der Waals surface area contributed by atoms with Gasteiger partial charge in [0.25, 0.3) is 0 Å². The summed E-state index contributed by atoms with van der Waals surface area (Å²) in [4.78, 5) is 11.6. The van der Waals surface area contributed by atoms with E-state index < -0.39 is 0 Å². The lowest BCUT2D eigenvalue weighted by Crippen LogP contribution is -2.05. The molecule has 2 nitrogen and oxygen atoms in total. The first-order valence-electron chi connectivity index (χ1n) is 5.06. The number of carbonyl (C=O) groups is 1. The summed E-state index contributed by atoms with van der Waals surface area (Å²) in [6.07, 6.45) is 2.75. The lowest BCUT2D eigenvalue weighted by atomic mass is 9.95. The van der Waals surface area contributed by atoms with Crippen molar-refractivity contribution in [1.82, 2.24) is 0 Å². The van der Waals surface area contributed by atoms with Crippen LogP contribution < -0.4 is 5.73 Å². The lowest BCUT2D eigenvalue weighted by Gasteiger charge is -2.10. The second-order valence-corrected chi connectivity index (χ2v) is 4.09. The number of anilines is 1. The first kappa shape index (κ1) is 9.25. The van der Waals surface area contributed by atoms with Crippen molar-refractivity contribution in [3.05, 3.63) is 29.3 Å². The zero-order valence-electron chi connectivity index (χ0n) is 8.42. The monoisotopic (exact) mass is 189 g/mol. The van der Waals surface area contributed by atoms with E-state index in [0.29, 0.717) is 5.78 Å². The first-order valence-corrected chi connectivity index (χ1v) is 5.06. The molecule has 2 rings (SSSR count). The fourth-order valence-corrected chi connectivity index (χ4v) is 2.21. The van der Waals surface area contributed by atoms with Crippen LogP contribution in [0.3, 0.4) is 0 Å². The van der Waals surface area contributed by atoms with E-state index in [2.05, 4.69) is 6.07 Å². The fourth-order valence-electron chi connectivity index (χ4n) is 2.21. The summed E-state index contributed by atoms with van der Waals surface area (Å²) in [5.41, 5.74) is 8.77. The van der Waals surface area contributed by atoms with Crippen LogP contribution in [0.2, 0.25) is 0 Å². The highest BCUT2D eigenvalue weighted by Crippen LogP contribution is 2.32. The van der Waals surface area contributed by atoms with Gasteiger partial charge in [0.15, 0.2) is 0 Å². The largest absolute Gasteiger partial charge is 0.399 e. The van der Waals surface area contributed by atoms with E-state index in [0.717, 1.165) is 36.1 Å². The molecule has 0 heterocycles. The van der Waals surface area contributed by atoms with Gasteiger partial charge in [-0.1, -0.05) is 6.07 Å². The SMILES string of the molecule is Cc1cc(N)cc(C2CCCC2=O)c1. The number of Topliss-reactive ketones (excluding diaryl/α,β-unsaturated/α-hetero) is 1. The number of rotatable bonds is 1. The van der Waals surface area contributed by atoms with Crippen molar-refractivity contribution in [3.63, 3.8) is 0 Å². The molecular weight excluding hydrogens is 174 g/mol. The molecule has 0 amide bonds. The highest BCUT2D eigenvalue weighted by atomic mass is 16.1. The number of hydrogen-bond donors (Lipinski definition) is 1. The van der Waals surface area contributed by atoms with Gasteiger partial charge in [0, 0.05) is 18.0 Å². The van der Waals surface area contributed by atoms with Gasteiger partial charge in [-0.25, -0.2) is 0 Å². The highest BCUT2D eigenvalue weighted by molar-refractivity contribution is 5.87. The third kappa shape index (κ3) is 1.65. The van der Waals surface area contributed by atoms with E-state index in [1.165, 1.54) is 0 Å². The number of nitrogen functional groups attached to an aromatic ring is 1. The number of ketones is 1. The van der Waals surface area contributed by atoms with Gasteiger partial charge >= 0.3 is 0 Å². The normalized spacial score (nSPS) is 21.5. The van der Waals surface area contributed by atoms with Crippen LogP contribution in [-0.2, 0) is 4.79 Å². The molecule has 1 unspecified atom stereocenters. The van der Waals surface area contributed by atoms with Gasteiger partial charge < -0.3 is 5.73 Å².